The van der Waals surface area contributed by atoms with Crippen molar-refractivity contribution in [3.05, 3.63) is 30.3 Å². The molecule has 1 aliphatic carbocycles. The van der Waals surface area contributed by atoms with Gasteiger partial charge in [0, 0.05) is 23.0 Å². The minimum absolute atomic E-state index is 0.174. The second-order valence-electron chi connectivity index (χ2n) is 4.21. The van der Waals surface area contributed by atoms with Crippen molar-refractivity contribution in [1.82, 2.24) is 0 Å². The van der Waals surface area contributed by atoms with Gasteiger partial charge in [-0.05, 0) is 31.4 Å². The van der Waals surface area contributed by atoms with E-state index in [-0.39, 0.29) is 5.92 Å². The van der Waals surface area contributed by atoms with E-state index in [1.54, 1.807) is 0 Å². The number of benzene rings is 1. The van der Waals surface area contributed by atoms with Crippen LogP contribution in [0.3, 0.4) is 0 Å². The van der Waals surface area contributed by atoms with Gasteiger partial charge in [-0.1, -0.05) is 18.2 Å². The van der Waals surface area contributed by atoms with Gasteiger partial charge >= 0.3 is 0 Å². The zero-order chi connectivity index (χ0) is 11.4. The minimum atomic E-state index is -0.947. The summed E-state index contributed by atoms with van der Waals surface area (Å²) in [6.45, 7) is 0. The van der Waals surface area contributed by atoms with Gasteiger partial charge in [0.25, 0.3) is 0 Å². The van der Waals surface area contributed by atoms with Gasteiger partial charge in [0.15, 0.2) is 0 Å². The van der Waals surface area contributed by atoms with Crippen LogP contribution in [0.15, 0.2) is 35.2 Å². The molecule has 0 aliphatic heterocycles. The highest BCUT2D eigenvalue weighted by Gasteiger charge is 2.24. The molecule has 1 fully saturated rings. The second-order valence-corrected chi connectivity index (χ2v) is 5.78. The quantitative estimate of drug-likeness (QED) is 0.805. The molecule has 0 aromatic heterocycles. The summed E-state index contributed by atoms with van der Waals surface area (Å²) in [6, 6.07) is 9.47. The van der Waals surface area contributed by atoms with Gasteiger partial charge in [-0.2, -0.15) is 0 Å². The molecule has 2 atom stereocenters. The smallest absolute Gasteiger partial charge is 0.136 e. The lowest BCUT2D eigenvalue weighted by molar-refractivity contribution is -0.120. The van der Waals surface area contributed by atoms with Crippen molar-refractivity contribution in [1.29, 1.82) is 0 Å². The summed E-state index contributed by atoms with van der Waals surface area (Å²) >= 11 is 0. The van der Waals surface area contributed by atoms with E-state index in [9.17, 15) is 9.00 Å². The molecule has 16 heavy (non-hydrogen) atoms. The Bertz CT molecular complexity index is 386. The van der Waals surface area contributed by atoms with Gasteiger partial charge < -0.3 is 0 Å². The number of Topliss-reactive ketones (excluding diaryl/α,β-unsaturated/α-hetero) is 1. The SMILES string of the molecule is O=C1CCCC1CCS(=O)c1ccccc1. The van der Waals surface area contributed by atoms with Crippen molar-refractivity contribution >= 4 is 16.6 Å². The molecule has 0 bridgehead atoms. The molecule has 2 rings (SSSR count). The van der Waals surface area contributed by atoms with Crippen LogP contribution in [0.25, 0.3) is 0 Å². The van der Waals surface area contributed by atoms with Crippen molar-refractivity contribution in [2.24, 2.45) is 5.92 Å². The van der Waals surface area contributed by atoms with Crippen LogP contribution >= 0.6 is 0 Å². The molecule has 3 heteroatoms. The standard InChI is InChI=1S/C13H16O2S/c14-13-8-4-5-11(13)9-10-16(15)12-6-2-1-3-7-12/h1-3,6-7,11H,4-5,8-10H2. The lowest BCUT2D eigenvalue weighted by atomic mass is 10.1. The number of hydrogen-bond donors (Lipinski definition) is 0. The van der Waals surface area contributed by atoms with Gasteiger partial charge in [0.1, 0.15) is 5.78 Å². The monoisotopic (exact) mass is 236 g/mol. The van der Waals surface area contributed by atoms with Gasteiger partial charge in [0.05, 0.1) is 10.8 Å². The van der Waals surface area contributed by atoms with E-state index in [0.717, 1.165) is 30.6 Å². The van der Waals surface area contributed by atoms with E-state index in [0.29, 0.717) is 11.5 Å². The van der Waals surface area contributed by atoms with E-state index in [1.807, 2.05) is 30.3 Å². The molecule has 1 aromatic rings. The molecule has 2 unspecified atom stereocenters. The highest BCUT2D eigenvalue weighted by atomic mass is 32.2. The topological polar surface area (TPSA) is 34.1 Å². The van der Waals surface area contributed by atoms with Crippen molar-refractivity contribution in [3.63, 3.8) is 0 Å². The van der Waals surface area contributed by atoms with Crippen LogP contribution in [0.5, 0.6) is 0 Å². The fourth-order valence-electron chi connectivity index (χ4n) is 2.13. The molecule has 86 valence electrons. The van der Waals surface area contributed by atoms with Crippen molar-refractivity contribution in [2.75, 3.05) is 5.75 Å². The summed E-state index contributed by atoms with van der Waals surface area (Å²) in [5.74, 6) is 1.15. The van der Waals surface area contributed by atoms with E-state index in [4.69, 9.17) is 0 Å². The summed E-state index contributed by atoms with van der Waals surface area (Å²) in [5, 5.41) is 0. The first-order valence-electron chi connectivity index (χ1n) is 5.73. The fourth-order valence-corrected chi connectivity index (χ4v) is 3.33. The van der Waals surface area contributed by atoms with Crippen LogP contribution in [0.2, 0.25) is 0 Å². The zero-order valence-corrected chi connectivity index (χ0v) is 10.0. The Hall–Kier alpha value is -0.960. The molecule has 0 heterocycles. The summed E-state index contributed by atoms with van der Waals surface area (Å²) in [5.41, 5.74) is 0. The summed E-state index contributed by atoms with van der Waals surface area (Å²) in [6.07, 6.45) is 3.51. The Morgan fingerprint density at radius 1 is 1.25 bits per heavy atom. The fraction of sp³-hybridized carbons (Fsp3) is 0.462. The van der Waals surface area contributed by atoms with E-state index in [1.165, 1.54) is 0 Å². The highest BCUT2D eigenvalue weighted by molar-refractivity contribution is 7.85. The maximum atomic E-state index is 11.9. The van der Waals surface area contributed by atoms with Crippen molar-refractivity contribution in [3.8, 4) is 0 Å². The van der Waals surface area contributed by atoms with E-state index < -0.39 is 10.8 Å². The molecular weight excluding hydrogens is 220 g/mol. The maximum Gasteiger partial charge on any atom is 0.136 e. The first kappa shape index (κ1) is 11.5. The summed E-state index contributed by atoms with van der Waals surface area (Å²) in [4.78, 5) is 12.3. The third-order valence-corrected chi connectivity index (χ3v) is 4.49. The summed E-state index contributed by atoms with van der Waals surface area (Å²) < 4.78 is 11.9. The molecule has 2 nitrogen and oxygen atoms in total. The van der Waals surface area contributed by atoms with Crippen LogP contribution < -0.4 is 0 Å². The van der Waals surface area contributed by atoms with Crippen molar-refractivity contribution < 1.29 is 9.00 Å². The Morgan fingerprint density at radius 2 is 2.00 bits per heavy atom. The molecular formula is C13H16O2S. The molecule has 0 radical (unpaired) electrons. The van der Waals surface area contributed by atoms with Gasteiger partial charge in [-0.15, -0.1) is 0 Å². The van der Waals surface area contributed by atoms with Crippen LogP contribution in [0.4, 0.5) is 0 Å². The van der Waals surface area contributed by atoms with Crippen LogP contribution in [-0.4, -0.2) is 15.7 Å². The van der Waals surface area contributed by atoms with Gasteiger partial charge in [-0.25, -0.2) is 0 Å². The molecule has 1 aromatic carbocycles. The van der Waals surface area contributed by atoms with Crippen molar-refractivity contribution in [2.45, 2.75) is 30.6 Å². The molecule has 0 N–H and O–H groups in total. The molecule has 1 saturated carbocycles. The van der Waals surface area contributed by atoms with Crippen LogP contribution in [0.1, 0.15) is 25.7 Å². The number of carbonyl (C=O) groups is 1. The van der Waals surface area contributed by atoms with E-state index in [2.05, 4.69) is 0 Å². The second kappa shape index (κ2) is 5.39. The number of hydrogen-bond acceptors (Lipinski definition) is 2. The lowest BCUT2D eigenvalue weighted by Gasteiger charge is -2.07. The largest absolute Gasteiger partial charge is 0.299 e. The summed E-state index contributed by atoms with van der Waals surface area (Å²) in [7, 11) is -0.947. The predicted molar refractivity (Wildman–Crippen MR) is 64.7 cm³/mol. The van der Waals surface area contributed by atoms with Gasteiger partial charge in [0.2, 0.25) is 0 Å². The maximum absolute atomic E-state index is 11.9. The predicted octanol–water partition coefficient (Wildman–Crippen LogP) is 2.55. The van der Waals surface area contributed by atoms with Crippen LogP contribution in [-0.2, 0) is 15.6 Å². The Labute approximate surface area is 98.5 Å². The zero-order valence-electron chi connectivity index (χ0n) is 9.22. The Morgan fingerprint density at radius 3 is 2.62 bits per heavy atom. The normalized spacial score (nSPS) is 22.2. The third-order valence-electron chi connectivity index (χ3n) is 3.09. The van der Waals surface area contributed by atoms with Gasteiger partial charge in [-0.3, -0.25) is 9.00 Å². The average Bonchev–Trinajstić information content (AvgIpc) is 2.73. The van der Waals surface area contributed by atoms with Crippen LogP contribution in [0, 0.1) is 5.92 Å². The Balaban J connectivity index is 1.87. The average molecular weight is 236 g/mol. The lowest BCUT2D eigenvalue weighted by Crippen LogP contribution is -2.10. The Kier molecular flexibility index (Phi) is 3.88. The molecule has 0 amide bonds. The molecule has 1 aliphatic rings. The first-order valence-corrected chi connectivity index (χ1v) is 7.05. The minimum Gasteiger partial charge on any atom is -0.299 e. The first-order chi connectivity index (χ1) is 7.77. The molecule has 0 spiro atoms. The number of ketones is 1. The third kappa shape index (κ3) is 2.79. The number of rotatable bonds is 4. The van der Waals surface area contributed by atoms with E-state index >= 15 is 0 Å². The molecule has 0 saturated heterocycles. The highest BCUT2D eigenvalue weighted by Crippen LogP contribution is 2.25. The number of carbonyl (C=O) groups excluding carboxylic acids is 1.